The van der Waals surface area contributed by atoms with Crippen LogP contribution < -0.4 is 0 Å². The van der Waals surface area contributed by atoms with Crippen LogP contribution >= 0.6 is 0 Å². The number of hydrogen-bond donors (Lipinski definition) is 0. The SMILES string of the molecule is CC(C)[C@H](C)C(=O)CCc1cncc(C(C)(C)C)c1. The molecule has 0 amide bonds. The molecule has 0 unspecified atom stereocenters. The highest BCUT2D eigenvalue weighted by molar-refractivity contribution is 5.81. The zero-order valence-electron chi connectivity index (χ0n) is 13.2. The number of ketones is 1. The second-order valence-electron chi connectivity index (χ2n) is 6.83. The van der Waals surface area contributed by atoms with E-state index in [1.54, 1.807) is 0 Å². The Kier molecular flexibility index (Phi) is 5.28. The first-order valence-electron chi connectivity index (χ1n) is 7.19. The lowest BCUT2D eigenvalue weighted by Crippen LogP contribution is -2.17. The van der Waals surface area contributed by atoms with Crippen molar-refractivity contribution in [3.05, 3.63) is 29.6 Å². The van der Waals surface area contributed by atoms with Gasteiger partial charge in [0.1, 0.15) is 5.78 Å². The van der Waals surface area contributed by atoms with Crippen LogP contribution in [-0.4, -0.2) is 10.8 Å². The van der Waals surface area contributed by atoms with Gasteiger partial charge < -0.3 is 0 Å². The number of pyridine rings is 1. The molecule has 106 valence electrons. The smallest absolute Gasteiger partial charge is 0.136 e. The Labute approximate surface area is 117 Å². The Morgan fingerprint density at radius 1 is 1.21 bits per heavy atom. The second-order valence-corrected chi connectivity index (χ2v) is 6.83. The predicted octanol–water partition coefficient (Wildman–Crippen LogP) is 4.17. The topological polar surface area (TPSA) is 30.0 Å². The highest BCUT2D eigenvalue weighted by Gasteiger charge is 2.17. The first-order valence-corrected chi connectivity index (χ1v) is 7.19. The predicted molar refractivity (Wildman–Crippen MR) is 80.3 cm³/mol. The monoisotopic (exact) mass is 261 g/mol. The molecule has 0 saturated carbocycles. The molecule has 0 aliphatic rings. The van der Waals surface area contributed by atoms with Crippen LogP contribution in [0.3, 0.4) is 0 Å². The standard InChI is InChI=1S/C17H27NO/c1-12(2)13(3)16(19)8-7-14-9-15(11-18-10-14)17(4,5)6/h9-13H,7-8H2,1-6H3/t13-/m0/s1. The van der Waals surface area contributed by atoms with Gasteiger partial charge in [0.15, 0.2) is 0 Å². The van der Waals surface area contributed by atoms with Gasteiger partial charge in [-0.1, -0.05) is 47.6 Å². The Balaban J connectivity index is 2.66. The van der Waals surface area contributed by atoms with Crippen LogP contribution in [0.2, 0.25) is 0 Å². The second kappa shape index (κ2) is 6.31. The summed E-state index contributed by atoms with van der Waals surface area (Å²) in [5.74, 6) is 0.932. The highest BCUT2D eigenvalue weighted by atomic mass is 16.1. The van der Waals surface area contributed by atoms with E-state index in [9.17, 15) is 4.79 Å². The molecule has 2 nitrogen and oxygen atoms in total. The van der Waals surface area contributed by atoms with Crippen LogP contribution in [0.25, 0.3) is 0 Å². The molecule has 1 atom stereocenters. The summed E-state index contributed by atoms with van der Waals surface area (Å²) < 4.78 is 0. The summed E-state index contributed by atoms with van der Waals surface area (Å²) in [5.41, 5.74) is 2.50. The number of aromatic nitrogens is 1. The van der Waals surface area contributed by atoms with Crippen molar-refractivity contribution < 1.29 is 4.79 Å². The van der Waals surface area contributed by atoms with Gasteiger partial charge in [-0.25, -0.2) is 0 Å². The van der Waals surface area contributed by atoms with Crippen molar-refractivity contribution >= 4 is 5.78 Å². The average molecular weight is 261 g/mol. The van der Waals surface area contributed by atoms with Crippen LogP contribution in [-0.2, 0) is 16.6 Å². The summed E-state index contributed by atoms with van der Waals surface area (Å²) in [6.07, 6.45) is 5.21. The number of nitrogens with zero attached hydrogens (tertiary/aromatic N) is 1. The third-order valence-electron chi connectivity index (χ3n) is 3.83. The first-order chi connectivity index (χ1) is 8.71. The fourth-order valence-electron chi connectivity index (χ4n) is 1.90. The maximum atomic E-state index is 12.0. The van der Waals surface area contributed by atoms with Crippen molar-refractivity contribution in [1.82, 2.24) is 4.98 Å². The van der Waals surface area contributed by atoms with Crippen LogP contribution in [0, 0.1) is 11.8 Å². The van der Waals surface area contributed by atoms with Crippen molar-refractivity contribution in [3.63, 3.8) is 0 Å². The van der Waals surface area contributed by atoms with Gasteiger partial charge in [0.2, 0.25) is 0 Å². The van der Waals surface area contributed by atoms with E-state index in [1.165, 1.54) is 5.56 Å². The fourth-order valence-corrected chi connectivity index (χ4v) is 1.90. The lowest BCUT2D eigenvalue weighted by molar-refractivity contribution is -0.123. The maximum Gasteiger partial charge on any atom is 0.136 e. The van der Waals surface area contributed by atoms with Gasteiger partial charge in [0.25, 0.3) is 0 Å². The summed E-state index contributed by atoms with van der Waals surface area (Å²) in [7, 11) is 0. The number of carbonyl (C=O) groups is 1. The molecule has 0 aromatic carbocycles. The van der Waals surface area contributed by atoms with Crippen LogP contribution in [0.15, 0.2) is 18.5 Å². The van der Waals surface area contributed by atoms with E-state index < -0.39 is 0 Å². The minimum Gasteiger partial charge on any atom is -0.299 e. The minimum absolute atomic E-state index is 0.109. The molecule has 0 aliphatic carbocycles. The number of hydrogen-bond acceptors (Lipinski definition) is 2. The molecule has 0 bridgehead atoms. The van der Waals surface area contributed by atoms with Gasteiger partial charge in [0.05, 0.1) is 0 Å². The molecule has 2 heteroatoms. The highest BCUT2D eigenvalue weighted by Crippen LogP contribution is 2.22. The van der Waals surface area contributed by atoms with Crippen molar-refractivity contribution in [2.45, 2.75) is 59.8 Å². The molecule has 1 heterocycles. The molecule has 0 N–H and O–H groups in total. The zero-order valence-corrected chi connectivity index (χ0v) is 13.2. The Morgan fingerprint density at radius 3 is 2.37 bits per heavy atom. The summed E-state index contributed by atoms with van der Waals surface area (Å²) >= 11 is 0. The van der Waals surface area contributed by atoms with Crippen LogP contribution in [0.4, 0.5) is 0 Å². The van der Waals surface area contributed by atoms with E-state index in [0.29, 0.717) is 18.1 Å². The van der Waals surface area contributed by atoms with Crippen molar-refractivity contribution in [3.8, 4) is 0 Å². The largest absolute Gasteiger partial charge is 0.299 e. The normalized spacial score (nSPS) is 13.6. The van der Waals surface area contributed by atoms with E-state index in [-0.39, 0.29) is 11.3 Å². The maximum absolute atomic E-state index is 12.0. The third-order valence-corrected chi connectivity index (χ3v) is 3.83. The summed E-state index contributed by atoms with van der Waals surface area (Å²) in [6.45, 7) is 12.8. The van der Waals surface area contributed by atoms with E-state index in [0.717, 1.165) is 12.0 Å². The number of carbonyl (C=O) groups excluding carboxylic acids is 1. The molecule has 0 spiro atoms. The summed E-state index contributed by atoms with van der Waals surface area (Å²) in [5, 5.41) is 0. The van der Waals surface area contributed by atoms with Crippen molar-refractivity contribution in [2.24, 2.45) is 11.8 Å². The Hall–Kier alpha value is -1.18. The molecule has 0 radical (unpaired) electrons. The number of Topliss-reactive ketones (excluding diaryl/α,β-unsaturated/α-hetero) is 1. The van der Waals surface area contributed by atoms with E-state index >= 15 is 0 Å². The quantitative estimate of drug-likeness (QED) is 0.796. The van der Waals surface area contributed by atoms with Gasteiger partial charge in [-0.05, 0) is 28.9 Å². The van der Waals surface area contributed by atoms with Crippen LogP contribution in [0.1, 0.15) is 59.1 Å². The lowest BCUT2D eigenvalue weighted by Gasteiger charge is -2.19. The average Bonchev–Trinajstić information content (AvgIpc) is 2.34. The minimum atomic E-state index is 0.109. The molecule has 19 heavy (non-hydrogen) atoms. The van der Waals surface area contributed by atoms with Crippen molar-refractivity contribution in [1.29, 1.82) is 0 Å². The molecular weight excluding hydrogens is 234 g/mol. The summed E-state index contributed by atoms with van der Waals surface area (Å²) in [4.78, 5) is 16.3. The van der Waals surface area contributed by atoms with Gasteiger partial charge in [-0.2, -0.15) is 0 Å². The molecule has 0 fully saturated rings. The molecule has 1 rings (SSSR count). The van der Waals surface area contributed by atoms with Gasteiger partial charge in [0, 0.05) is 24.7 Å². The number of aryl methyl sites for hydroxylation is 1. The zero-order chi connectivity index (χ0) is 14.6. The molecule has 1 aromatic rings. The van der Waals surface area contributed by atoms with Crippen molar-refractivity contribution in [2.75, 3.05) is 0 Å². The Morgan fingerprint density at radius 2 is 1.84 bits per heavy atom. The Bertz CT molecular complexity index is 429. The van der Waals surface area contributed by atoms with Gasteiger partial charge in [-0.3, -0.25) is 9.78 Å². The fraction of sp³-hybridized carbons (Fsp3) is 0.647. The molecule has 1 aromatic heterocycles. The molecule has 0 saturated heterocycles. The first kappa shape index (κ1) is 15.9. The summed E-state index contributed by atoms with van der Waals surface area (Å²) in [6, 6.07) is 2.18. The van der Waals surface area contributed by atoms with Gasteiger partial charge >= 0.3 is 0 Å². The van der Waals surface area contributed by atoms with E-state index in [4.69, 9.17) is 0 Å². The lowest BCUT2D eigenvalue weighted by atomic mass is 9.86. The van der Waals surface area contributed by atoms with Gasteiger partial charge in [-0.15, -0.1) is 0 Å². The van der Waals surface area contributed by atoms with E-state index in [1.807, 2.05) is 19.3 Å². The van der Waals surface area contributed by atoms with E-state index in [2.05, 4.69) is 45.7 Å². The molecular formula is C17H27NO. The molecule has 0 aliphatic heterocycles. The number of rotatable bonds is 5. The third kappa shape index (κ3) is 4.77. The van der Waals surface area contributed by atoms with Crippen LogP contribution in [0.5, 0.6) is 0 Å².